The van der Waals surface area contributed by atoms with E-state index >= 15 is 0 Å². The summed E-state index contributed by atoms with van der Waals surface area (Å²) in [6.07, 6.45) is -4.04. The molecule has 2 unspecified atom stereocenters. The van der Waals surface area contributed by atoms with Gasteiger partial charge in [0, 0.05) is 11.6 Å². The van der Waals surface area contributed by atoms with Gasteiger partial charge in [0.05, 0.1) is 0 Å². The van der Waals surface area contributed by atoms with Gasteiger partial charge in [0.25, 0.3) is 0 Å². The predicted octanol–water partition coefficient (Wildman–Crippen LogP) is 0.425. The minimum Gasteiger partial charge on any atom is -0.504 e. The van der Waals surface area contributed by atoms with Crippen molar-refractivity contribution >= 4 is 16.2 Å². The number of benzene rings is 2. The van der Waals surface area contributed by atoms with Crippen molar-refractivity contribution in [2.24, 2.45) is 0 Å². The van der Waals surface area contributed by atoms with Crippen LogP contribution in [0.3, 0.4) is 0 Å². The van der Waals surface area contributed by atoms with Gasteiger partial charge in [-0.3, -0.25) is 9.35 Å². The second-order valence-corrected chi connectivity index (χ2v) is 6.73. The third-order valence-corrected chi connectivity index (χ3v) is 4.40. The molecule has 0 amide bonds. The first-order chi connectivity index (χ1) is 12.9. The van der Waals surface area contributed by atoms with Crippen molar-refractivity contribution in [3.05, 3.63) is 29.3 Å². The van der Waals surface area contributed by atoms with Crippen molar-refractivity contribution in [2.45, 2.75) is 12.2 Å². The molecule has 0 saturated heterocycles. The fraction of sp³-hybridized carbons (Fsp3) is 0.133. The van der Waals surface area contributed by atoms with Crippen LogP contribution in [0.4, 0.5) is 0 Å². The van der Waals surface area contributed by atoms with E-state index in [1.807, 2.05) is 0 Å². The van der Waals surface area contributed by atoms with E-state index in [-0.39, 0.29) is 0 Å². The Morgan fingerprint density at radius 3 is 2.11 bits per heavy atom. The van der Waals surface area contributed by atoms with E-state index in [0.717, 1.165) is 18.2 Å². The van der Waals surface area contributed by atoms with E-state index in [2.05, 4.69) is 4.18 Å². The molecule has 0 bridgehead atoms. The molecule has 0 aromatic heterocycles. The van der Waals surface area contributed by atoms with Gasteiger partial charge in [-0.2, -0.15) is 8.42 Å². The number of fused-ring (bicyclic) bond motifs is 1. The van der Waals surface area contributed by atoms with Crippen molar-refractivity contribution < 1.29 is 57.3 Å². The maximum atomic E-state index is 12.7. The lowest BCUT2D eigenvalue weighted by atomic mass is 9.92. The Bertz CT molecular complexity index is 1090. The summed E-state index contributed by atoms with van der Waals surface area (Å²) in [7, 11) is -5.25. The van der Waals surface area contributed by atoms with Crippen LogP contribution >= 0.6 is 0 Å². The van der Waals surface area contributed by atoms with Crippen LogP contribution in [0.15, 0.2) is 18.2 Å². The maximum Gasteiger partial charge on any atom is 0.398 e. The summed E-state index contributed by atoms with van der Waals surface area (Å²) in [6, 6.07) is 2.59. The number of rotatable bonds is 3. The first-order valence-electron chi connectivity index (χ1n) is 7.30. The van der Waals surface area contributed by atoms with Gasteiger partial charge >= 0.3 is 10.4 Å². The first kappa shape index (κ1) is 19.3. The standard InChI is InChI=1S/C15H12O12S/c16-5-2-1-4(9(18)10(5)19)14-15(27-28(23,24)25)13(22)8-7(26-14)3-6(17)11(20)12(8)21/h1-3,14-21H,(H,23,24,25). The van der Waals surface area contributed by atoms with E-state index in [9.17, 15) is 43.9 Å². The van der Waals surface area contributed by atoms with Gasteiger partial charge in [-0.15, -0.1) is 0 Å². The van der Waals surface area contributed by atoms with Crippen LogP contribution in [-0.4, -0.2) is 55.5 Å². The highest BCUT2D eigenvalue weighted by atomic mass is 32.3. The van der Waals surface area contributed by atoms with Crippen LogP contribution in [0.1, 0.15) is 22.0 Å². The highest BCUT2D eigenvalue weighted by Gasteiger charge is 2.45. The maximum absolute atomic E-state index is 12.7. The molecular weight excluding hydrogens is 404 g/mol. The zero-order valence-corrected chi connectivity index (χ0v) is 14.3. The number of aromatic hydroxyl groups is 6. The van der Waals surface area contributed by atoms with Gasteiger partial charge in [0.1, 0.15) is 11.3 Å². The van der Waals surface area contributed by atoms with Crippen LogP contribution in [0.5, 0.6) is 40.2 Å². The molecule has 7 N–H and O–H groups in total. The van der Waals surface area contributed by atoms with Gasteiger partial charge in [-0.25, -0.2) is 4.18 Å². The molecule has 1 heterocycles. The molecule has 0 radical (unpaired) electrons. The quantitative estimate of drug-likeness (QED) is 0.268. The number of Topliss-reactive ketones (excluding diaryl/α,β-unsaturated/α-hetero) is 1. The molecule has 12 nitrogen and oxygen atoms in total. The van der Waals surface area contributed by atoms with E-state index in [0.29, 0.717) is 0 Å². The lowest BCUT2D eigenvalue weighted by molar-refractivity contribution is 0.0283. The van der Waals surface area contributed by atoms with E-state index in [1.54, 1.807) is 0 Å². The minimum absolute atomic E-state index is 0.435. The molecule has 0 aliphatic carbocycles. The minimum atomic E-state index is -5.25. The van der Waals surface area contributed by atoms with Crippen molar-refractivity contribution in [1.82, 2.24) is 0 Å². The SMILES string of the molecule is O=C1c2c(cc(O)c(O)c2O)OC(c2ccc(O)c(O)c2O)C1OS(=O)(=O)O. The van der Waals surface area contributed by atoms with Crippen LogP contribution in [-0.2, 0) is 14.6 Å². The van der Waals surface area contributed by atoms with Crippen molar-refractivity contribution in [1.29, 1.82) is 0 Å². The van der Waals surface area contributed by atoms with Crippen molar-refractivity contribution in [2.75, 3.05) is 0 Å². The van der Waals surface area contributed by atoms with Crippen LogP contribution in [0, 0.1) is 0 Å². The molecule has 2 aromatic carbocycles. The molecule has 150 valence electrons. The Labute approximate surface area is 156 Å². The molecule has 0 saturated carbocycles. The molecule has 0 fully saturated rings. The summed E-state index contributed by atoms with van der Waals surface area (Å²) < 4.78 is 41.0. The van der Waals surface area contributed by atoms with Gasteiger partial charge < -0.3 is 35.4 Å². The van der Waals surface area contributed by atoms with E-state index in [1.165, 1.54) is 0 Å². The second-order valence-electron chi connectivity index (χ2n) is 5.68. The number of ether oxygens (including phenoxy) is 1. The van der Waals surface area contributed by atoms with Gasteiger partial charge in [-0.1, -0.05) is 0 Å². The van der Waals surface area contributed by atoms with Crippen molar-refractivity contribution in [3.8, 4) is 40.2 Å². The zero-order valence-electron chi connectivity index (χ0n) is 13.5. The summed E-state index contributed by atoms with van der Waals surface area (Å²) in [5.74, 6) is -7.68. The lowest BCUT2D eigenvalue weighted by Gasteiger charge is -2.32. The number of hydrogen-bond donors (Lipinski definition) is 7. The average molecular weight is 416 g/mol. The molecule has 3 rings (SSSR count). The smallest absolute Gasteiger partial charge is 0.398 e. The molecule has 0 spiro atoms. The van der Waals surface area contributed by atoms with Crippen LogP contribution in [0.2, 0.25) is 0 Å². The van der Waals surface area contributed by atoms with E-state index < -0.39 is 79.8 Å². The Morgan fingerprint density at radius 2 is 1.50 bits per heavy atom. The fourth-order valence-corrected chi connectivity index (χ4v) is 3.15. The summed E-state index contributed by atoms with van der Waals surface area (Å²) in [5, 5.41) is 58.2. The molecule has 13 heteroatoms. The number of phenols is 6. The number of hydrogen-bond acceptors (Lipinski definition) is 11. The number of phenolic OH excluding ortho intramolecular Hbond substituents is 6. The Hall–Kier alpha value is -3.42. The van der Waals surface area contributed by atoms with Crippen LogP contribution in [0.25, 0.3) is 0 Å². The molecule has 1 aliphatic rings. The molecule has 2 atom stereocenters. The Kier molecular flexibility index (Phi) is 4.37. The average Bonchev–Trinajstić information content (AvgIpc) is 2.59. The monoisotopic (exact) mass is 416 g/mol. The number of carbonyl (C=O) groups excluding carboxylic acids is 1. The predicted molar refractivity (Wildman–Crippen MR) is 87.0 cm³/mol. The third kappa shape index (κ3) is 3.06. The fourth-order valence-electron chi connectivity index (χ4n) is 2.70. The summed E-state index contributed by atoms with van der Waals surface area (Å²) in [6.45, 7) is 0. The van der Waals surface area contributed by atoms with Gasteiger partial charge in [0.15, 0.2) is 35.2 Å². The van der Waals surface area contributed by atoms with E-state index in [4.69, 9.17) is 9.29 Å². The normalized spacial score (nSPS) is 19.1. The Morgan fingerprint density at radius 1 is 0.893 bits per heavy atom. The second kappa shape index (κ2) is 6.33. The highest BCUT2D eigenvalue weighted by molar-refractivity contribution is 7.80. The summed E-state index contributed by atoms with van der Waals surface area (Å²) in [5.41, 5.74) is -1.20. The molecule has 2 aromatic rings. The Balaban J connectivity index is 2.24. The molecule has 28 heavy (non-hydrogen) atoms. The third-order valence-electron chi connectivity index (χ3n) is 3.94. The van der Waals surface area contributed by atoms with Crippen molar-refractivity contribution in [3.63, 3.8) is 0 Å². The molecular formula is C15H12O12S. The number of carbonyl (C=O) groups is 1. The summed E-state index contributed by atoms with van der Waals surface area (Å²) >= 11 is 0. The summed E-state index contributed by atoms with van der Waals surface area (Å²) in [4.78, 5) is 12.7. The largest absolute Gasteiger partial charge is 0.504 e. The zero-order chi connectivity index (χ0) is 21.0. The van der Waals surface area contributed by atoms with Gasteiger partial charge in [-0.05, 0) is 12.1 Å². The highest BCUT2D eigenvalue weighted by Crippen LogP contribution is 2.50. The molecule has 1 aliphatic heterocycles. The lowest BCUT2D eigenvalue weighted by Crippen LogP contribution is -2.40. The number of ketones is 1. The first-order valence-corrected chi connectivity index (χ1v) is 8.67. The van der Waals surface area contributed by atoms with Crippen LogP contribution < -0.4 is 4.74 Å². The van der Waals surface area contributed by atoms with Gasteiger partial charge in [0.2, 0.25) is 17.3 Å². The topological polar surface area (TPSA) is 211 Å².